The van der Waals surface area contributed by atoms with Crippen molar-refractivity contribution in [1.29, 1.82) is 0 Å². The molecule has 4 nitrogen and oxygen atoms in total. The van der Waals surface area contributed by atoms with Gasteiger partial charge in [0.15, 0.2) is 4.90 Å². The normalized spacial score (nSPS) is 18.7. The lowest BCUT2D eigenvalue weighted by Gasteiger charge is -2.18. The molecule has 128 valence electrons. The van der Waals surface area contributed by atoms with Gasteiger partial charge in [-0.3, -0.25) is 0 Å². The van der Waals surface area contributed by atoms with Crippen molar-refractivity contribution >= 4 is 10.0 Å². The van der Waals surface area contributed by atoms with E-state index in [0.29, 0.717) is 12.2 Å². The standard InChI is InChI=1S/C17H17F2NO3S/c1-23-16-8-3-2-5-13(16)12-9-10-20(11-12)24(21,22)17-14(18)6-4-7-15(17)19/h2-8,12H,9-11H2,1H3. The molecule has 2 aromatic rings. The van der Waals surface area contributed by atoms with Gasteiger partial charge in [-0.2, -0.15) is 4.31 Å². The van der Waals surface area contributed by atoms with Gasteiger partial charge in [0.05, 0.1) is 7.11 Å². The summed E-state index contributed by atoms with van der Waals surface area (Å²) in [5.74, 6) is -1.55. The fourth-order valence-electron chi connectivity index (χ4n) is 3.06. The minimum absolute atomic E-state index is 0.0780. The number of ether oxygens (including phenoxy) is 1. The Labute approximate surface area is 139 Å². The average molecular weight is 353 g/mol. The molecule has 24 heavy (non-hydrogen) atoms. The van der Waals surface area contributed by atoms with Gasteiger partial charge in [-0.25, -0.2) is 17.2 Å². The summed E-state index contributed by atoms with van der Waals surface area (Å²) in [6.07, 6.45) is 0.565. The van der Waals surface area contributed by atoms with Crippen LogP contribution in [0.15, 0.2) is 47.4 Å². The second kappa shape index (κ2) is 6.49. The molecule has 0 aromatic heterocycles. The molecule has 1 aliphatic heterocycles. The molecule has 1 saturated heterocycles. The van der Waals surface area contributed by atoms with E-state index in [2.05, 4.69) is 0 Å². The van der Waals surface area contributed by atoms with Crippen LogP contribution in [0.3, 0.4) is 0 Å². The lowest BCUT2D eigenvalue weighted by molar-refractivity contribution is 0.404. The zero-order valence-electron chi connectivity index (χ0n) is 13.1. The van der Waals surface area contributed by atoms with Crippen LogP contribution in [0.5, 0.6) is 5.75 Å². The molecule has 0 saturated carbocycles. The number of nitrogens with zero attached hydrogens (tertiary/aromatic N) is 1. The van der Waals surface area contributed by atoms with Crippen molar-refractivity contribution in [2.45, 2.75) is 17.2 Å². The number of hydrogen-bond acceptors (Lipinski definition) is 3. The zero-order valence-corrected chi connectivity index (χ0v) is 13.9. The molecule has 0 radical (unpaired) electrons. The van der Waals surface area contributed by atoms with Gasteiger partial charge in [0.25, 0.3) is 0 Å². The Hall–Kier alpha value is -1.99. The van der Waals surface area contributed by atoms with Crippen molar-refractivity contribution in [2.75, 3.05) is 20.2 Å². The van der Waals surface area contributed by atoms with Crippen molar-refractivity contribution in [1.82, 2.24) is 4.31 Å². The maximum absolute atomic E-state index is 13.9. The molecule has 1 fully saturated rings. The van der Waals surface area contributed by atoms with Crippen molar-refractivity contribution in [3.8, 4) is 5.75 Å². The Morgan fingerprint density at radius 2 is 1.75 bits per heavy atom. The van der Waals surface area contributed by atoms with Crippen LogP contribution < -0.4 is 4.74 Å². The van der Waals surface area contributed by atoms with E-state index in [1.807, 2.05) is 24.3 Å². The molecule has 0 amide bonds. The largest absolute Gasteiger partial charge is 0.496 e. The molecule has 3 rings (SSSR count). The van der Waals surface area contributed by atoms with Crippen LogP contribution in [0, 0.1) is 11.6 Å². The SMILES string of the molecule is COc1ccccc1C1CCN(S(=O)(=O)c2c(F)cccc2F)C1. The lowest BCUT2D eigenvalue weighted by atomic mass is 9.97. The second-order valence-corrected chi connectivity index (χ2v) is 7.52. The quantitative estimate of drug-likeness (QED) is 0.848. The first kappa shape index (κ1) is 16.9. The van der Waals surface area contributed by atoms with Crippen LogP contribution in [-0.2, 0) is 10.0 Å². The summed E-state index contributed by atoms with van der Waals surface area (Å²) in [6, 6.07) is 10.4. The van der Waals surface area contributed by atoms with Crippen LogP contribution in [0.4, 0.5) is 8.78 Å². The van der Waals surface area contributed by atoms with Gasteiger partial charge < -0.3 is 4.74 Å². The molecule has 0 spiro atoms. The van der Waals surface area contributed by atoms with Gasteiger partial charge >= 0.3 is 0 Å². The van der Waals surface area contributed by atoms with E-state index < -0.39 is 26.6 Å². The van der Waals surface area contributed by atoms with E-state index in [1.165, 1.54) is 0 Å². The van der Waals surface area contributed by atoms with Gasteiger partial charge in [-0.05, 0) is 30.2 Å². The van der Waals surface area contributed by atoms with E-state index in [4.69, 9.17) is 4.74 Å². The smallest absolute Gasteiger partial charge is 0.248 e. The lowest BCUT2D eigenvalue weighted by Crippen LogP contribution is -2.30. The number of benzene rings is 2. The number of hydrogen-bond donors (Lipinski definition) is 0. The minimum Gasteiger partial charge on any atom is -0.496 e. The average Bonchev–Trinajstić information content (AvgIpc) is 3.05. The Bertz CT molecular complexity index is 834. The Kier molecular flexibility index (Phi) is 4.56. The molecular weight excluding hydrogens is 336 g/mol. The molecule has 0 aliphatic carbocycles. The van der Waals surface area contributed by atoms with Crippen molar-refractivity contribution in [3.05, 3.63) is 59.7 Å². The maximum atomic E-state index is 13.9. The minimum atomic E-state index is -4.22. The first-order valence-corrected chi connectivity index (χ1v) is 8.96. The highest BCUT2D eigenvalue weighted by Gasteiger charge is 2.37. The van der Waals surface area contributed by atoms with Crippen LogP contribution >= 0.6 is 0 Å². The summed E-state index contributed by atoms with van der Waals surface area (Å²) < 4.78 is 59.4. The molecule has 7 heteroatoms. The monoisotopic (exact) mass is 353 g/mol. The van der Waals surface area contributed by atoms with E-state index in [-0.39, 0.29) is 19.0 Å². The number of methoxy groups -OCH3 is 1. The van der Waals surface area contributed by atoms with E-state index in [0.717, 1.165) is 28.1 Å². The number of para-hydroxylation sites is 1. The van der Waals surface area contributed by atoms with Crippen LogP contribution in [0.2, 0.25) is 0 Å². The highest BCUT2D eigenvalue weighted by Crippen LogP contribution is 2.36. The Balaban J connectivity index is 1.90. The molecule has 1 heterocycles. The van der Waals surface area contributed by atoms with Crippen LogP contribution in [-0.4, -0.2) is 32.9 Å². The summed E-state index contributed by atoms with van der Waals surface area (Å²) in [4.78, 5) is -0.884. The highest BCUT2D eigenvalue weighted by atomic mass is 32.2. The van der Waals surface area contributed by atoms with Crippen molar-refractivity contribution < 1.29 is 21.9 Å². The molecule has 1 atom stereocenters. The predicted octanol–water partition coefficient (Wildman–Crippen LogP) is 3.15. The van der Waals surface area contributed by atoms with Crippen LogP contribution in [0.1, 0.15) is 17.9 Å². The van der Waals surface area contributed by atoms with E-state index in [1.54, 1.807) is 7.11 Å². The van der Waals surface area contributed by atoms with Gasteiger partial charge in [-0.15, -0.1) is 0 Å². The van der Waals surface area contributed by atoms with E-state index in [9.17, 15) is 17.2 Å². The molecule has 0 bridgehead atoms. The first-order chi connectivity index (χ1) is 11.4. The Morgan fingerprint density at radius 3 is 2.42 bits per heavy atom. The molecule has 0 N–H and O–H groups in total. The van der Waals surface area contributed by atoms with Crippen molar-refractivity contribution in [2.24, 2.45) is 0 Å². The van der Waals surface area contributed by atoms with Crippen LogP contribution in [0.25, 0.3) is 0 Å². The van der Waals surface area contributed by atoms with Crippen molar-refractivity contribution in [3.63, 3.8) is 0 Å². The third-order valence-corrected chi connectivity index (χ3v) is 6.16. The van der Waals surface area contributed by atoms with Gasteiger partial charge in [0.1, 0.15) is 17.4 Å². The molecule has 1 unspecified atom stereocenters. The summed E-state index contributed by atoms with van der Waals surface area (Å²) in [5, 5.41) is 0. The van der Waals surface area contributed by atoms with E-state index >= 15 is 0 Å². The van der Waals surface area contributed by atoms with Gasteiger partial charge in [-0.1, -0.05) is 24.3 Å². The summed E-state index contributed by atoms with van der Waals surface area (Å²) in [6.45, 7) is 0.370. The molecular formula is C17H17F2NO3S. The predicted molar refractivity (Wildman–Crippen MR) is 85.5 cm³/mol. The zero-order chi connectivity index (χ0) is 17.3. The third-order valence-electron chi connectivity index (χ3n) is 4.25. The highest BCUT2D eigenvalue weighted by molar-refractivity contribution is 7.89. The first-order valence-electron chi connectivity index (χ1n) is 7.52. The summed E-state index contributed by atoms with van der Waals surface area (Å²) >= 11 is 0. The fourth-order valence-corrected chi connectivity index (χ4v) is 4.67. The number of sulfonamides is 1. The number of rotatable bonds is 4. The summed E-state index contributed by atoms with van der Waals surface area (Å²) in [7, 11) is -2.67. The fraction of sp³-hybridized carbons (Fsp3) is 0.294. The summed E-state index contributed by atoms with van der Waals surface area (Å²) in [5.41, 5.74) is 0.895. The van der Waals surface area contributed by atoms with Gasteiger partial charge in [0.2, 0.25) is 10.0 Å². The number of halogens is 2. The molecule has 1 aliphatic rings. The topological polar surface area (TPSA) is 46.6 Å². The van der Waals surface area contributed by atoms with Gasteiger partial charge in [0, 0.05) is 19.0 Å². The molecule has 2 aromatic carbocycles. The third kappa shape index (κ3) is 2.89. The maximum Gasteiger partial charge on any atom is 0.248 e. The second-order valence-electron chi connectivity index (χ2n) is 5.64. The Morgan fingerprint density at radius 1 is 1.08 bits per heavy atom.